The number of unbranched alkanes of at least 4 members (excludes halogenated alkanes) is 1. The van der Waals surface area contributed by atoms with Crippen molar-refractivity contribution < 1.29 is 4.39 Å². The molecule has 176 valence electrons. The second kappa shape index (κ2) is 10.7. The lowest BCUT2D eigenvalue weighted by atomic mass is 9.77. The Bertz CT molecular complexity index is 1270. The molecule has 0 fully saturated rings. The predicted octanol–water partition coefficient (Wildman–Crippen LogP) is 8.51. The van der Waals surface area contributed by atoms with Gasteiger partial charge in [0.25, 0.3) is 0 Å². The Hall–Kier alpha value is -3.72. The normalized spacial score (nSPS) is 18.5. The number of para-hydroxylation sites is 2. The van der Waals surface area contributed by atoms with Crippen LogP contribution in [-0.2, 0) is 6.54 Å². The fraction of sp³-hybridized carbons (Fsp3) is 0.219. The van der Waals surface area contributed by atoms with E-state index >= 15 is 0 Å². The molecule has 4 aromatic rings. The van der Waals surface area contributed by atoms with Gasteiger partial charge in [0, 0.05) is 23.7 Å². The number of anilines is 1. The van der Waals surface area contributed by atoms with Gasteiger partial charge in [-0.25, -0.2) is 4.39 Å². The minimum Gasteiger partial charge on any atom is -0.359 e. The number of aliphatic imine (C=N–C) groups is 1. The molecule has 2 nitrogen and oxygen atoms in total. The molecule has 1 heterocycles. The van der Waals surface area contributed by atoms with Gasteiger partial charge in [0.2, 0.25) is 0 Å². The zero-order valence-corrected chi connectivity index (χ0v) is 20.1. The van der Waals surface area contributed by atoms with Crippen molar-refractivity contribution in [3.8, 4) is 0 Å². The molecule has 0 unspecified atom stereocenters. The largest absolute Gasteiger partial charge is 0.359 e. The van der Waals surface area contributed by atoms with Crippen LogP contribution in [0.15, 0.2) is 114 Å². The summed E-state index contributed by atoms with van der Waals surface area (Å²) in [7, 11) is 0. The van der Waals surface area contributed by atoms with E-state index in [-0.39, 0.29) is 17.8 Å². The van der Waals surface area contributed by atoms with Gasteiger partial charge < -0.3 is 4.90 Å². The quantitative estimate of drug-likeness (QED) is 0.269. The molecule has 0 amide bonds. The van der Waals surface area contributed by atoms with E-state index in [9.17, 15) is 4.39 Å². The van der Waals surface area contributed by atoms with Crippen LogP contribution in [0.3, 0.4) is 0 Å². The molecule has 4 aromatic carbocycles. The summed E-state index contributed by atoms with van der Waals surface area (Å²) in [6.45, 7) is 3.01. The number of hydrogen-bond acceptors (Lipinski definition) is 2. The number of halogens is 1. The van der Waals surface area contributed by atoms with E-state index in [0.29, 0.717) is 0 Å². The molecule has 0 saturated heterocycles. The minimum absolute atomic E-state index is 0.0553. The molecule has 0 saturated carbocycles. The van der Waals surface area contributed by atoms with E-state index in [2.05, 4.69) is 78.6 Å². The van der Waals surface area contributed by atoms with E-state index in [1.54, 1.807) is 12.1 Å². The second-order valence-corrected chi connectivity index (χ2v) is 9.21. The van der Waals surface area contributed by atoms with Crippen molar-refractivity contribution in [1.82, 2.24) is 0 Å². The monoisotopic (exact) mass is 462 g/mol. The highest BCUT2D eigenvalue weighted by Gasteiger charge is 2.39. The summed E-state index contributed by atoms with van der Waals surface area (Å²) in [6.07, 6.45) is 3.24. The average Bonchev–Trinajstić information content (AvgIpc) is 2.91. The summed E-state index contributed by atoms with van der Waals surface area (Å²) in [4.78, 5) is 7.75. The highest BCUT2D eigenvalue weighted by atomic mass is 19.1. The molecule has 0 N–H and O–H groups in total. The lowest BCUT2D eigenvalue weighted by molar-refractivity contribution is 0.449. The van der Waals surface area contributed by atoms with E-state index in [0.717, 1.165) is 42.8 Å². The Morgan fingerprint density at radius 3 is 2.14 bits per heavy atom. The van der Waals surface area contributed by atoms with Gasteiger partial charge in [-0.1, -0.05) is 98.6 Å². The van der Waals surface area contributed by atoms with Crippen LogP contribution in [0, 0.1) is 11.7 Å². The Labute approximate surface area is 207 Å². The van der Waals surface area contributed by atoms with Crippen LogP contribution < -0.4 is 4.90 Å². The summed E-state index contributed by atoms with van der Waals surface area (Å²) < 4.78 is 14.0. The first-order valence-corrected chi connectivity index (χ1v) is 12.5. The first-order valence-electron chi connectivity index (χ1n) is 12.5. The number of rotatable bonds is 7. The summed E-state index contributed by atoms with van der Waals surface area (Å²) >= 11 is 0. The van der Waals surface area contributed by atoms with Crippen molar-refractivity contribution in [2.24, 2.45) is 10.9 Å². The number of hydrogen-bond donors (Lipinski definition) is 0. The molecule has 0 radical (unpaired) electrons. The van der Waals surface area contributed by atoms with Gasteiger partial charge in [-0.15, -0.1) is 0 Å². The number of fused-ring (bicyclic) bond motifs is 1. The fourth-order valence-electron chi connectivity index (χ4n) is 5.20. The molecule has 2 atom stereocenters. The number of benzene rings is 4. The van der Waals surface area contributed by atoms with Gasteiger partial charge in [0.1, 0.15) is 5.82 Å². The van der Waals surface area contributed by atoms with Gasteiger partial charge in [-0.05, 0) is 47.9 Å². The van der Waals surface area contributed by atoms with E-state index < -0.39 is 0 Å². The summed E-state index contributed by atoms with van der Waals surface area (Å²) in [5, 5.41) is 0. The molecule has 0 aromatic heterocycles. The molecule has 1 aliphatic rings. The lowest BCUT2D eigenvalue weighted by Crippen LogP contribution is -2.42. The summed E-state index contributed by atoms with van der Waals surface area (Å²) in [5.41, 5.74) is 6.83. The van der Waals surface area contributed by atoms with Crippen molar-refractivity contribution in [2.75, 3.05) is 4.90 Å². The van der Waals surface area contributed by atoms with E-state index in [1.807, 2.05) is 30.3 Å². The predicted molar refractivity (Wildman–Crippen MR) is 144 cm³/mol. The summed E-state index contributed by atoms with van der Waals surface area (Å²) in [5.74, 6) is -0.0258. The molecule has 3 heteroatoms. The van der Waals surface area contributed by atoms with Crippen LogP contribution in [0.5, 0.6) is 0 Å². The van der Waals surface area contributed by atoms with Crippen LogP contribution in [0.25, 0.3) is 0 Å². The Morgan fingerprint density at radius 2 is 1.43 bits per heavy atom. The van der Waals surface area contributed by atoms with Crippen molar-refractivity contribution in [3.05, 3.63) is 132 Å². The highest BCUT2D eigenvalue weighted by Crippen LogP contribution is 2.45. The van der Waals surface area contributed by atoms with E-state index in [4.69, 9.17) is 4.99 Å². The molecule has 5 rings (SSSR count). The van der Waals surface area contributed by atoms with Crippen molar-refractivity contribution >= 4 is 17.1 Å². The zero-order chi connectivity index (χ0) is 24.0. The van der Waals surface area contributed by atoms with E-state index in [1.165, 1.54) is 16.8 Å². The maximum atomic E-state index is 14.0. The van der Waals surface area contributed by atoms with Gasteiger partial charge in [0.15, 0.2) is 0 Å². The Kier molecular flexibility index (Phi) is 7.04. The first kappa shape index (κ1) is 23.0. The van der Waals surface area contributed by atoms with Crippen molar-refractivity contribution in [2.45, 2.75) is 38.8 Å². The molecule has 1 aliphatic heterocycles. The molecule has 0 bridgehead atoms. The fourth-order valence-corrected chi connectivity index (χ4v) is 5.20. The van der Waals surface area contributed by atoms with Gasteiger partial charge in [-0.2, -0.15) is 0 Å². The summed E-state index contributed by atoms with van der Waals surface area (Å²) in [6, 6.07) is 36.6. The maximum absolute atomic E-state index is 14.0. The topological polar surface area (TPSA) is 15.6 Å². The second-order valence-electron chi connectivity index (χ2n) is 9.21. The Balaban J connectivity index is 1.71. The lowest BCUT2D eigenvalue weighted by Gasteiger charge is -2.45. The zero-order valence-electron chi connectivity index (χ0n) is 20.1. The molecule has 0 spiro atoms. The third kappa shape index (κ3) is 5.05. The Morgan fingerprint density at radius 1 is 0.771 bits per heavy atom. The number of nitrogens with zero attached hydrogens (tertiary/aromatic N) is 2. The smallest absolute Gasteiger partial charge is 0.123 e. The van der Waals surface area contributed by atoms with Crippen LogP contribution in [0.2, 0.25) is 0 Å². The van der Waals surface area contributed by atoms with Gasteiger partial charge in [-0.3, -0.25) is 4.99 Å². The average molecular weight is 463 g/mol. The molecule has 35 heavy (non-hydrogen) atoms. The first-order chi connectivity index (χ1) is 17.2. The van der Waals surface area contributed by atoms with Gasteiger partial charge >= 0.3 is 0 Å². The SMILES string of the molecule is CCCC[C@@H]1C(=Nc2ccccc2)c2ccccc2N(Cc2ccccc2)[C@H]1c1ccc(F)cc1. The van der Waals surface area contributed by atoms with Crippen LogP contribution in [0.1, 0.15) is 48.9 Å². The standard InChI is InChI=1S/C32H31FN2/c1-2-3-16-29-31(34-27-14-8-5-9-15-27)28-17-10-11-18-30(28)35(23-24-12-6-4-7-13-24)32(29)25-19-21-26(33)22-20-25/h4-15,17-22,29,32H,2-3,16,23H2,1H3/t29-,32+/m1/s1. The highest BCUT2D eigenvalue weighted by molar-refractivity contribution is 6.10. The molecular formula is C32H31FN2. The minimum atomic E-state index is -0.206. The van der Waals surface area contributed by atoms with Gasteiger partial charge in [0.05, 0.1) is 17.4 Å². The third-order valence-corrected chi connectivity index (χ3v) is 6.84. The van der Waals surface area contributed by atoms with Crippen molar-refractivity contribution in [3.63, 3.8) is 0 Å². The van der Waals surface area contributed by atoms with Crippen LogP contribution >= 0.6 is 0 Å². The van der Waals surface area contributed by atoms with Crippen molar-refractivity contribution in [1.29, 1.82) is 0 Å². The molecular weight excluding hydrogens is 431 g/mol. The third-order valence-electron chi connectivity index (χ3n) is 6.84. The maximum Gasteiger partial charge on any atom is 0.123 e. The van der Waals surface area contributed by atoms with Crippen LogP contribution in [0.4, 0.5) is 15.8 Å². The molecule has 0 aliphatic carbocycles. The van der Waals surface area contributed by atoms with Crippen LogP contribution in [-0.4, -0.2) is 5.71 Å².